The predicted molar refractivity (Wildman–Crippen MR) is 78.4 cm³/mol. The Balaban J connectivity index is 1.83. The van der Waals surface area contributed by atoms with Crippen LogP contribution < -0.4 is 9.47 Å². The van der Waals surface area contributed by atoms with E-state index in [1.165, 1.54) is 0 Å². The number of carbonyl (C=O) groups excluding carboxylic acids is 2. The second kappa shape index (κ2) is 5.72. The summed E-state index contributed by atoms with van der Waals surface area (Å²) in [4.78, 5) is 23.4. The molecular weight excluding hydrogens is 268 g/mol. The lowest BCUT2D eigenvalue weighted by molar-refractivity contribution is -0.126. The number of fused-ring (bicyclic) bond motifs is 1. The molecule has 21 heavy (non-hydrogen) atoms. The van der Waals surface area contributed by atoms with Crippen LogP contribution in [0.15, 0.2) is 24.3 Å². The number of carbonyl (C=O) groups is 2. The standard InChI is InChI=1S/C17H18O4/c1-20-12-3-5-13-11(8-9-21-17(13)10-12)2-4-14-15(18)6-7-16(14)19/h2-3,5,10,14H,4,6-9H2,1H3/b11-2+. The maximum atomic E-state index is 11.7. The third-order valence-electron chi connectivity index (χ3n) is 4.16. The van der Waals surface area contributed by atoms with Crippen molar-refractivity contribution in [1.29, 1.82) is 0 Å². The highest BCUT2D eigenvalue weighted by molar-refractivity contribution is 6.08. The van der Waals surface area contributed by atoms with Crippen molar-refractivity contribution in [2.24, 2.45) is 5.92 Å². The van der Waals surface area contributed by atoms with Crippen molar-refractivity contribution in [3.8, 4) is 11.5 Å². The molecule has 0 unspecified atom stereocenters. The molecule has 0 atom stereocenters. The Morgan fingerprint density at radius 2 is 2.00 bits per heavy atom. The minimum absolute atomic E-state index is 0.0823. The van der Waals surface area contributed by atoms with Crippen molar-refractivity contribution in [3.63, 3.8) is 0 Å². The quantitative estimate of drug-likeness (QED) is 0.802. The maximum absolute atomic E-state index is 11.7. The minimum atomic E-state index is -0.429. The zero-order valence-electron chi connectivity index (χ0n) is 12.1. The zero-order chi connectivity index (χ0) is 14.8. The highest BCUT2D eigenvalue weighted by Gasteiger charge is 2.31. The Morgan fingerprint density at radius 3 is 2.71 bits per heavy atom. The maximum Gasteiger partial charge on any atom is 0.144 e. The second-order valence-corrected chi connectivity index (χ2v) is 5.41. The van der Waals surface area contributed by atoms with Gasteiger partial charge in [0.25, 0.3) is 0 Å². The van der Waals surface area contributed by atoms with Crippen LogP contribution in [0.3, 0.4) is 0 Å². The number of ketones is 2. The molecule has 0 N–H and O–H groups in total. The molecule has 0 radical (unpaired) electrons. The molecule has 0 amide bonds. The van der Waals surface area contributed by atoms with Gasteiger partial charge in [-0.2, -0.15) is 0 Å². The summed E-state index contributed by atoms with van der Waals surface area (Å²) in [5.74, 6) is 1.30. The molecular formula is C17H18O4. The van der Waals surface area contributed by atoms with Crippen LogP contribution in [0, 0.1) is 5.92 Å². The van der Waals surface area contributed by atoms with E-state index in [0.717, 1.165) is 29.1 Å². The van der Waals surface area contributed by atoms with Gasteiger partial charge in [0.1, 0.15) is 23.1 Å². The van der Waals surface area contributed by atoms with Crippen LogP contribution >= 0.6 is 0 Å². The van der Waals surface area contributed by atoms with Gasteiger partial charge < -0.3 is 9.47 Å². The normalized spacial score (nSPS) is 20.5. The molecule has 2 aliphatic rings. The van der Waals surface area contributed by atoms with E-state index < -0.39 is 5.92 Å². The van der Waals surface area contributed by atoms with Crippen molar-refractivity contribution in [1.82, 2.24) is 0 Å². The first-order valence-electron chi connectivity index (χ1n) is 7.24. The van der Waals surface area contributed by atoms with Gasteiger partial charge in [0.15, 0.2) is 0 Å². The number of benzene rings is 1. The fourth-order valence-corrected chi connectivity index (χ4v) is 2.93. The second-order valence-electron chi connectivity index (χ2n) is 5.41. The lowest BCUT2D eigenvalue weighted by Gasteiger charge is -2.21. The van der Waals surface area contributed by atoms with Gasteiger partial charge in [0.05, 0.1) is 19.6 Å². The van der Waals surface area contributed by atoms with Crippen LogP contribution in [0.5, 0.6) is 11.5 Å². The molecule has 0 aromatic heterocycles. The van der Waals surface area contributed by atoms with Crippen molar-refractivity contribution in [3.05, 3.63) is 29.8 Å². The van der Waals surface area contributed by atoms with Gasteiger partial charge in [-0.1, -0.05) is 6.08 Å². The van der Waals surface area contributed by atoms with E-state index in [2.05, 4.69) is 0 Å². The fraction of sp³-hybridized carbons (Fsp3) is 0.412. The molecule has 1 aliphatic carbocycles. The summed E-state index contributed by atoms with van der Waals surface area (Å²) < 4.78 is 10.9. The molecule has 1 aliphatic heterocycles. The zero-order valence-corrected chi connectivity index (χ0v) is 12.1. The molecule has 0 bridgehead atoms. The number of hydrogen-bond acceptors (Lipinski definition) is 4. The van der Waals surface area contributed by atoms with E-state index in [1.54, 1.807) is 7.11 Å². The van der Waals surface area contributed by atoms with E-state index in [9.17, 15) is 9.59 Å². The molecule has 4 nitrogen and oxygen atoms in total. The Kier molecular flexibility index (Phi) is 3.78. The number of hydrogen-bond donors (Lipinski definition) is 0. The number of Topliss-reactive ketones (excluding diaryl/α,β-unsaturated/α-hetero) is 2. The van der Waals surface area contributed by atoms with Crippen LogP contribution in [0.25, 0.3) is 5.57 Å². The number of methoxy groups -OCH3 is 1. The van der Waals surface area contributed by atoms with Crippen LogP contribution in [0.2, 0.25) is 0 Å². The molecule has 0 saturated heterocycles. The van der Waals surface area contributed by atoms with Gasteiger partial charge in [-0.15, -0.1) is 0 Å². The Hall–Kier alpha value is -2.10. The van der Waals surface area contributed by atoms with Gasteiger partial charge in [-0.05, 0) is 24.1 Å². The first-order chi connectivity index (χ1) is 10.2. The van der Waals surface area contributed by atoms with Gasteiger partial charge in [-0.3, -0.25) is 9.59 Å². The summed E-state index contributed by atoms with van der Waals surface area (Å²) >= 11 is 0. The van der Waals surface area contributed by atoms with Crippen LogP contribution in [-0.4, -0.2) is 25.3 Å². The SMILES string of the molecule is COc1ccc2c(c1)OCC/C2=C\CC1C(=O)CCC1=O. The average molecular weight is 286 g/mol. The average Bonchev–Trinajstić information content (AvgIpc) is 2.83. The van der Waals surface area contributed by atoms with E-state index in [-0.39, 0.29) is 11.6 Å². The number of allylic oxidation sites excluding steroid dienone is 1. The van der Waals surface area contributed by atoms with Gasteiger partial charge in [0, 0.05) is 30.9 Å². The highest BCUT2D eigenvalue weighted by Crippen LogP contribution is 2.36. The molecule has 4 heteroatoms. The predicted octanol–water partition coefficient (Wildman–Crippen LogP) is 2.80. The molecule has 0 spiro atoms. The van der Waals surface area contributed by atoms with E-state index in [0.29, 0.717) is 25.9 Å². The summed E-state index contributed by atoms with van der Waals surface area (Å²) in [5, 5.41) is 0. The highest BCUT2D eigenvalue weighted by atomic mass is 16.5. The summed E-state index contributed by atoms with van der Waals surface area (Å²) in [5.41, 5.74) is 2.17. The van der Waals surface area contributed by atoms with Crippen LogP contribution in [-0.2, 0) is 9.59 Å². The topological polar surface area (TPSA) is 52.6 Å². The summed E-state index contributed by atoms with van der Waals surface area (Å²) in [6.45, 7) is 0.610. The lowest BCUT2D eigenvalue weighted by Crippen LogP contribution is -2.14. The Morgan fingerprint density at radius 1 is 1.24 bits per heavy atom. The third-order valence-corrected chi connectivity index (χ3v) is 4.16. The summed E-state index contributed by atoms with van der Waals surface area (Å²) in [6.07, 6.45) is 4.15. The van der Waals surface area contributed by atoms with Crippen molar-refractivity contribution >= 4 is 17.1 Å². The van der Waals surface area contributed by atoms with E-state index in [1.807, 2.05) is 24.3 Å². The van der Waals surface area contributed by atoms with E-state index >= 15 is 0 Å². The smallest absolute Gasteiger partial charge is 0.144 e. The minimum Gasteiger partial charge on any atom is -0.497 e. The van der Waals surface area contributed by atoms with Gasteiger partial charge in [0.2, 0.25) is 0 Å². The fourth-order valence-electron chi connectivity index (χ4n) is 2.93. The summed E-state index contributed by atoms with van der Waals surface area (Å²) in [6, 6.07) is 5.74. The molecule has 110 valence electrons. The van der Waals surface area contributed by atoms with Crippen molar-refractivity contribution in [2.45, 2.75) is 25.7 Å². The molecule has 3 rings (SSSR count). The van der Waals surface area contributed by atoms with Gasteiger partial charge in [-0.25, -0.2) is 0 Å². The summed E-state index contributed by atoms with van der Waals surface area (Å²) in [7, 11) is 1.62. The van der Waals surface area contributed by atoms with Crippen molar-refractivity contribution in [2.75, 3.05) is 13.7 Å². The molecule has 1 heterocycles. The number of ether oxygens (including phenoxy) is 2. The van der Waals surface area contributed by atoms with Crippen LogP contribution in [0.4, 0.5) is 0 Å². The molecule has 1 aromatic rings. The Labute approximate surface area is 123 Å². The largest absolute Gasteiger partial charge is 0.497 e. The van der Waals surface area contributed by atoms with Crippen LogP contribution in [0.1, 0.15) is 31.2 Å². The molecule has 1 saturated carbocycles. The number of rotatable bonds is 3. The first kappa shape index (κ1) is 13.9. The monoisotopic (exact) mass is 286 g/mol. The molecule has 1 aromatic carbocycles. The van der Waals surface area contributed by atoms with Crippen molar-refractivity contribution < 1.29 is 19.1 Å². The van der Waals surface area contributed by atoms with Gasteiger partial charge >= 0.3 is 0 Å². The third kappa shape index (κ3) is 2.71. The van der Waals surface area contributed by atoms with E-state index in [4.69, 9.17) is 9.47 Å². The molecule has 1 fully saturated rings. The lowest BCUT2D eigenvalue weighted by atomic mass is 9.94. The first-order valence-corrected chi connectivity index (χ1v) is 7.24. The Bertz CT molecular complexity index is 599.